The van der Waals surface area contributed by atoms with Crippen LogP contribution in [0.5, 0.6) is 11.5 Å². The van der Waals surface area contributed by atoms with Gasteiger partial charge in [-0.1, -0.05) is 12.1 Å². The van der Waals surface area contributed by atoms with Crippen molar-refractivity contribution in [3.05, 3.63) is 58.7 Å². The minimum atomic E-state index is -0.224. The maximum atomic E-state index is 12.4. The molecule has 0 radical (unpaired) electrons. The average molecular weight is 282 g/mol. The van der Waals surface area contributed by atoms with Crippen LogP contribution in [0.2, 0.25) is 0 Å². The Kier molecular flexibility index (Phi) is 3.42. The number of methoxy groups -OCH3 is 1. The summed E-state index contributed by atoms with van der Waals surface area (Å²) in [6.45, 7) is 4.04. The number of aryl methyl sites for hydroxylation is 2. The Bertz CT molecular complexity index is 686. The molecule has 1 heterocycles. The minimum absolute atomic E-state index is 0.139. The van der Waals surface area contributed by atoms with Crippen molar-refractivity contribution in [2.75, 3.05) is 7.11 Å². The van der Waals surface area contributed by atoms with Crippen LogP contribution in [0.1, 0.15) is 39.6 Å². The molecule has 0 saturated heterocycles. The van der Waals surface area contributed by atoms with Crippen LogP contribution < -0.4 is 9.47 Å². The molecule has 2 aromatic carbocycles. The summed E-state index contributed by atoms with van der Waals surface area (Å²) in [5.41, 5.74) is 3.95. The fourth-order valence-electron chi connectivity index (χ4n) is 2.58. The smallest absolute Gasteiger partial charge is 0.170 e. The molecule has 1 atom stereocenters. The Morgan fingerprint density at radius 1 is 1.10 bits per heavy atom. The van der Waals surface area contributed by atoms with Crippen LogP contribution in [0.25, 0.3) is 0 Å². The van der Waals surface area contributed by atoms with E-state index in [1.807, 2.05) is 50.2 Å². The number of carbonyl (C=O) groups is 1. The molecule has 0 aromatic heterocycles. The monoisotopic (exact) mass is 282 g/mol. The van der Waals surface area contributed by atoms with Crippen molar-refractivity contribution in [3.8, 4) is 11.5 Å². The molecule has 3 heteroatoms. The number of Topliss-reactive ketones (excluding diaryl/α,β-unsaturated/α-hetero) is 1. The molecule has 3 rings (SSSR count). The third-order valence-corrected chi connectivity index (χ3v) is 4.02. The quantitative estimate of drug-likeness (QED) is 0.834. The SMILES string of the molecule is COc1ccc(C2CC(=O)c3cc(C)c(C)cc3O2)cc1. The van der Waals surface area contributed by atoms with Gasteiger partial charge in [-0.15, -0.1) is 0 Å². The van der Waals surface area contributed by atoms with Gasteiger partial charge in [-0.25, -0.2) is 0 Å². The van der Waals surface area contributed by atoms with Gasteiger partial charge < -0.3 is 9.47 Å². The zero-order valence-electron chi connectivity index (χ0n) is 12.5. The molecule has 0 N–H and O–H groups in total. The van der Waals surface area contributed by atoms with E-state index in [1.165, 1.54) is 0 Å². The van der Waals surface area contributed by atoms with Crippen molar-refractivity contribution in [3.63, 3.8) is 0 Å². The summed E-state index contributed by atoms with van der Waals surface area (Å²) in [5, 5.41) is 0. The van der Waals surface area contributed by atoms with Gasteiger partial charge in [-0.2, -0.15) is 0 Å². The van der Waals surface area contributed by atoms with Gasteiger partial charge in [-0.3, -0.25) is 4.79 Å². The first-order valence-electron chi connectivity index (χ1n) is 7.03. The highest BCUT2D eigenvalue weighted by molar-refractivity contribution is 6.00. The van der Waals surface area contributed by atoms with E-state index >= 15 is 0 Å². The lowest BCUT2D eigenvalue weighted by Gasteiger charge is -2.26. The molecule has 1 unspecified atom stereocenters. The van der Waals surface area contributed by atoms with Crippen molar-refractivity contribution in [1.82, 2.24) is 0 Å². The van der Waals surface area contributed by atoms with E-state index in [4.69, 9.17) is 9.47 Å². The number of hydrogen-bond donors (Lipinski definition) is 0. The molecule has 0 amide bonds. The molecule has 108 valence electrons. The second-order valence-electron chi connectivity index (χ2n) is 5.44. The third-order valence-electron chi connectivity index (χ3n) is 4.02. The first kappa shape index (κ1) is 13.7. The van der Waals surface area contributed by atoms with Crippen LogP contribution in [0.4, 0.5) is 0 Å². The first-order valence-corrected chi connectivity index (χ1v) is 7.03. The summed E-state index contributed by atoms with van der Waals surface area (Å²) in [6, 6.07) is 11.6. The van der Waals surface area contributed by atoms with Crippen LogP contribution >= 0.6 is 0 Å². The molecule has 0 fully saturated rings. The maximum absolute atomic E-state index is 12.4. The van der Waals surface area contributed by atoms with E-state index in [1.54, 1.807) is 7.11 Å². The van der Waals surface area contributed by atoms with E-state index in [0.717, 1.165) is 22.4 Å². The number of benzene rings is 2. The normalized spacial score (nSPS) is 17.1. The highest BCUT2D eigenvalue weighted by Crippen LogP contribution is 2.36. The molecule has 1 aliphatic rings. The van der Waals surface area contributed by atoms with Crippen molar-refractivity contribution >= 4 is 5.78 Å². The van der Waals surface area contributed by atoms with Gasteiger partial charge in [-0.05, 0) is 54.8 Å². The van der Waals surface area contributed by atoms with Gasteiger partial charge >= 0.3 is 0 Å². The van der Waals surface area contributed by atoms with Crippen molar-refractivity contribution in [2.45, 2.75) is 26.4 Å². The average Bonchev–Trinajstić information content (AvgIpc) is 2.49. The van der Waals surface area contributed by atoms with Gasteiger partial charge in [0.15, 0.2) is 5.78 Å². The van der Waals surface area contributed by atoms with Crippen molar-refractivity contribution in [2.24, 2.45) is 0 Å². The molecule has 21 heavy (non-hydrogen) atoms. The minimum Gasteiger partial charge on any atom is -0.497 e. The molecule has 1 aliphatic heterocycles. The lowest BCUT2D eigenvalue weighted by Crippen LogP contribution is -2.20. The lowest BCUT2D eigenvalue weighted by molar-refractivity contribution is 0.0850. The Morgan fingerprint density at radius 3 is 2.43 bits per heavy atom. The maximum Gasteiger partial charge on any atom is 0.170 e. The fraction of sp³-hybridized carbons (Fsp3) is 0.278. The number of hydrogen-bond acceptors (Lipinski definition) is 3. The Balaban J connectivity index is 1.93. The number of rotatable bonds is 2. The van der Waals surface area contributed by atoms with Gasteiger partial charge in [0.2, 0.25) is 0 Å². The molecule has 2 aromatic rings. The van der Waals surface area contributed by atoms with Crippen LogP contribution in [-0.2, 0) is 0 Å². The highest BCUT2D eigenvalue weighted by atomic mass is 16.5. The second-order valence-corrected chi connectivity index (χ2v) is 5.44. The largest absolute Gasteiger partial charge is 0.497 e. The van der Waals surface area contributed by atoms with E-state index in [2.05, 4.69) is 0 Å². The van der Waals surface area contributed by atoms with Gasteiger partial charge in [0.1, 0.15) is 17.6 Å². The predicted molar refractivity (Wildman–Crippen MR) is 81.2 cm³/mol. The van der Waals surface area contributed by atoms with E-state index in [0.29, 0.717) is 17.7 Å². The zero-order valence-corrected chi connectivity index (χ0v) is 12.5. The summed E-state index contributed by atoms with van der Waals surface area (Å²) >= 11 is 0. The first-order chi connectivity index (χ1) is 10.1. The van der Waals surface area contributed by atoms with E-state index in [-0.39, 0.29) is 11.9 Å². The Morgan fingerprint density at radius 2 is 1.76 bits per heavy atom. The van der Waals surface area contributed by atoms with Gasteiger partial charge in [0.25, 0.3) is 0 Å². The number of carbonyl (C=O) groups excluding carboxylic acids is 1. The highest BCUT2D eigenvalue weighted by Gasteiger charge is 2.28. The van der Waals surface area contributed by atoms with Gasteiger partial charge in [0.05, 0.1) is 19.1 Å². The van der Waals surface area contributed by atoms with Crippen LogP contribution in [0, 0.1) is 13.8 Å². The molecule has 0 spiro atoms. The van der Waals surface area contributed by atoms with Crippen molar-refractivity contribution < 1.29 is 14.3 Å². The topological polar surface area (TPSA) is 35.5 Å². The summed E-state index contributed by atoms with van der Waals surface area (Å²) in [6.07, 6.45) is 0.153. The Hall–Kier alpha value is -2.29. The summed E-state index contributed by atoms with van der Waals surface area (Å²) in [7, 11) is 1.64. The van der Waals surface area contributed by atoms with Crippen molar-refractivity contribution in [1.29, 1.82) is 0 Å². The fourth-order valence-corrected chi connectivity index (χ4v) is 2.58. The molecule has 0 bridgehead atoms. The lowest BCUT2D eigenvalue weighted by atomic mass is 9.94. The van der Waals surface area contributed by atoms with Crippen LogP contribution in [0.15, 0.2) is 36.4 Å². The molecular weight excluding hydrogens is 264 g/mol. The summed E-state index contributed by atoms with van der Waals surface area (Å²) in [5.74, 6) is 1.63. The predicted octanol–water partition coefficient (Wildman–Crippen LogP) is 4.02. The zero-order chi connectivity index (χ0) is 15.0. The summed E-state index contributed by atoms with van der Waals surface area (Å²) < 4.78 is 11.2. The number of ether oxygens (including phenoxy) is 2. The van der Waals surface area contributed by atoms with E-state index < -0.39 is 0 Å². The standard InChI is InChI=1S/C18H18O3/c1-11-8-15-16(19)10-17(21-18(15)9-12(11)2)13-4-6-14(20-3)7-5-13/h4-9,17H,10H2,1-3H3. The molecule has 3 nitrogen and oxygen atoms in total. The Labute approximate surface area is 124 Å². The van der Waals surface area contributed by atoms with Crippen LogP contribution in [0.3, 0.4) is 0 Å². The molecular formula is C18H18O3. The number of fused-ring (bicyclic) bond motifs is 1. The molecule has 0 aliphatic carbocycles. The van der Waals surface area contributed by atoms with Crippen LogP contribution in [-0.4, -0.2) is 12.9 Å². The third kappa shape index (κ3) is 2.51. The molecule has 0 saturated carbocycles. The van der Waals surface area contributed by atoms with Gasteiger partial charge in [0, 0.05) is 0 Å². The van der Waals surface area contributed by atoms with E-state index in [9.17, 15) is 4.79 Å². The second kappa shape index (κ2) is 5.24. The number of ketones is 1. The summed E-state index contributed by atoms with van der Waals surface area (Å²) in [4.78, 5) is 12.4.